The molecule has 0 radical (unpaired) electrons. The van der Waals surface area contributed by atoms with E-state index in [0.29, 0.717) is 9.49 Å². The zero-order chi connectivity index (χ0) is 28.0. The number of aliphatic hydroxyl groups excluding tert-OH is 1. The maximum absolute atomic E-state index is 13.7. The van der Waals surface area contributed by atoms with Crippen molar-refractivity contribution in [3.8, 4) is 0 Å². The van der Waals surface area contributed by atoms with Crippen molar-refractivity contribution in [1.82, 2.24) is 15.2 Å². The van der Waals surface area contributed by atoms with Gasteiger partial charge in [0, 0.05) is 24.9 Å². The van der Waals surface area contributed by atoms with Gasteiger partial charge >= 0.3 is 5.97 Å². The van der Waals surface area contributed by atoms with Crippen molar-refractivity contribution >= 4 is 29.1 Å². The average molecular weight is 528 g/mol. The van der Waals surface area contributed by atoms with Gasteiger partial charge in [0.05, 0.1) is 27.7 Å². The van der Waals surface area contributed by atoms with E-state index in [1.54, 1.807) is 24.3 Å². The third-order valence-corrected chi connectivity index (χ3v) is 8.32. The van der Waals surface area contributed by atoms with E-state index in [1.165, 1.54) is 11.3 Å². The fraction of sp³-hybridized carbons (Fsp3) is 0.769. The van der Waals surface area contributed by atoms with Gasteiger partial charge in [-0.1, -0.05) is 34.1 Å². The summed E-state index contributed by atoms with van der Waals surface area (Å²) in [5, 5.41) is 15.9. The van der Waals surface area contributed by atoms with E-state index >= 15 is 0 Å². The number of rotatable bonds is 13. The van der Waals surface area contributed by atoms with Crippen molar-refractivity contribution in [2.45, 2.75) is 85.0 Å². The Kier molecular flexibility index (Phi) is 11.5. The maximum atomic E-state index is 13.7. The highest BCUT2D eigenvalue weighted by Gasteiger charge is 2.43. The molecule has 0 aliphatic heterocycles. The fourth-order valence-corrected chi connectivity index (χ4v) is 4.42. The van der Waals surface area contributed by atoms with E-state index in [1.807, 2.05) is 62.7 Å². The summed E-state index contributed by atoms with van der Waals surface area (Å²) in [5.41, 5.74) is -0.569. The van der Waals surface area contributed by atoms with Gasteiger partial charge in [-0.3, -0.25) is 9.59 Å². The Morgan fingerprint density at radius 1 is 1.19 bits per heavy atom. The van der Waals surface area contributed by atoms with Crippen LogP contribution in [0.25, 0.3) is 0 Å². The van der Waals surface area contributed by atoms with Gasteiger partial charge < -0.3 is 24.5 Å². The van der Waals surface area contributed by atoms with Crippen LogP contribution >= 0.6 is 11.3 Å². The number of esters is 1. The van der Waals surface area contributed by atoms with E-state index in [2.05, 4.69) is 10.3 Å². The molecule has 0 aliphatic rings. The molecule has 1 aromatic heterocycles. The highest BCUT2D eigenvalue weighted by molar-refractivity contribution is 7.09. The SMILES string of the molecule is CCOC(=O)c1csc([C@H](O)C[C@H](C(C)C)N(C)C(=O)[C@@H](NC(=O)C(C)(C)[N+](C)(C)C)C(C)CC)n1. The second-order valence-corrected chi connectivity index (χ2v) is 12.1. The number of quaternary nitrogens is 1. The van der Waals surface area contributed by atoms with Gasteiger partial charge in [-0.25, -0.2) is 9.78 Å². The molecule has 1 unspecified atom stereocenters. The highest BCUT2D eigenvalue weighted by atomic mass is 32.1. The number of carbonyl (C=O) groups excluding carboxylic acids is 3. The number of thiazole rings is 1. The second kappa shape index (κ2) is 13.0. The zero-order valence-corrected chi connectivity index (χ0v) is 24.7. The van der Waals surface area contributed by atoms with Crippen molar-refractivity contribution in [1.29, 1.82) is 0 Å². The molecule has 9 nitrogen and oxygen atoms in total. The lowest BCUT2D eigenvalue weighted by Gasteiger charge is -2.41. The molecule has 4 atom stereocenters. The summed E-state index contributed by atoms with van der Waals surface area (Å²) in [6.07, 6.45) is 0.0240. The number of nitrogens with zero attached hydrogens (tertiary/aromatic N) is 3. The van der Waals surface area contributed by atoms with Crippen molar-refractivity contribution in [3.05, 3.63) is 16.1 Å². The molecule has 0 fully saturated rings. The van der Waals surface area contributed by atoms with Crippen LogP contribution in [-0.4, -0.2) is 89.7 Å². The Morgan fingerprint density at radius 2 is 1.78 bits per heavy atom. The van der Waals surface area contributed by atoms with Crippen molar-refractivity contribution in [2.24, 2.45) is 11.8 Å². The molecular weight excluding hydrogens is 480 g/mol. The number of aromatic nitrogens is 1. The lowest BCUT2D eigenvalue weighted by atomic mass is 9.92. The molecule has 1 heterocycles. The van der Waals surface area contributed by atoms with Gasteiger partial charge in [-0.05, 0) is 32.6 Å². The average Bonchev–Trinajstić information content (AvgIpc) is 3.29. The van der Waals surface area contributed by atoms with Crippen LogP contribution in [0.2, 0.25) is 0 Å². The molecule has 0 saturated carbocycles. The molecule has 0 aliphatic carbocycles. The minimum absolute atomic E-state index is 0.0362. The first-order valence-corrected chi connectivity index (χ1v) is 13.6. The first-order chi connectivity index (χ1) is 16.5. The topological polar surface area (TPSA) is 109 Å². The van der Waals surface area contributed by atoms with Gasteiger partial charge in [0.2, 0.25) is 5.91 Å². The van der Waals surface area contributed by atoms with E-state index < -0.39 is 23.7 Å². The molecule has 0 saturated heterocycles. The fourth-order valence-electron chi connectivity index (χ4n) is 3.63. The molecule has 1 rings (SSSR count). The van der Waals surface area contributed by atoms with Gasteiger partial charge in [0.15, 0.2) is 11.2 Å². The summed E-state index contributed by atoms with van der Waals surface area (Å²) in [7, 11) is 7.58. The molecule has 36 heavy (non-hydrogen) atoms. The highest BCUT2D eigenvalue weighted by Crippen LogP contribution is 2.28. The van der Waals surface area contributed by atoms with Crippen LogP contribution in [0.5, 0.6) is 0 Å². The van der Waals surface area contributed by atoms with E-state index in [-0.39, 0.29) is 48.4 Å². The number of carbonyl (C=O) groups is 3. The predicted octanol–water partition coefficient (Wildman–Crippen LogP) is 3.24. The number of ether oxygens (including phenoxy) is 1. The molecule has 10 heteroatoms. The Morgan fingerprint density at radius 3 is 2.25 bits per heavy atom. The number of likely N-dealkylation sites (N-methyl/N-ethyl adjacent to an activating group) is 2. The van der Waals surface area contributed by atoms with E-state index in [9.17, 15) is 19.5 Å². The van der Waals surface area contributed by atoms with Crippen LogP contribution in [0.4, 0.5) is 0 Å². The smallest absolute Gasteiger partial charge is 0.357 e. The molecule has 0 spiro atoms. The number of hydrogen-bond donors (Lipinski definition) is 2. The zero-order valence-electron chi connectivity index (χ0n) is 23.9. The standard InChI is InChI=1S/C26H46N4O5S/c1-12-17(5)21(28-25(34)26(6,7)30(9,10)11)23(32)29(8)19(16(3)4)14-20(31)22-27-18(15-36-22)24(33)35-13-2/h15-17,19-21,31H,12-14H2,1-11H3/p+1/t17?,19-,20-,21+/m1/s1. The van der Waals surface area contributed by atoms with Crippen LogP contribution in [0.15, 0.2) is 5.38 Å². The van der Waals surface area contributed by atoms with Gasteiger partial charge in [0.25, 0.3) is 5.91 Å². The van der Waals surface area contributed by atoms with E-state index in [0.717, 1.165) is 6.42 Å². The van der Waals surface area contributed by atoms with Crippen LogP contribution in [-0.2, 0) is 14.3 Å². The number of hydrogen-bond acceptors (Lipinski definition) is 7. The quantitative estimate of drug-likeness (QED) is 0.301. The van der Waals surface area contributed by atoms with E-state index in [4.69, 9.17) is 4.74 Å². The second-order valence-electron chi connectivity index (χ2n) is 11.2. The number of amides is 2. The van der Waals surface area contributed by atoms with Crippen LogP contribution in [0.3, 0.4) is 0 Å². The Bertz CT molecular complexity index is 893. The summed E-state index contributed by atoms with van der Waals surface area (Å²) in [6, 6.07) is -0.996. The molecule has 1 aromatic rings. The lowest BCUT2D eigenvalue weighted by molar-refractivity contribution is -0.908. The summed E-state index contributed by atoms with van der Waals surface area (Å²) in [6.45, 7) is 13.6. The van der Waals surface area contributed by atoms with Crippen LogP contribution in [0, 0.1) is 11.8 Å². The Balaban J connectivity index is 3.13. The maximum Gasteiger partial charge on any atom is 0.357 e. The summed E-state index contributed by atoms with van der Waals surface area (Å²) in [5.74, 6) is -0.932. The minimum atomic E-state index is -0.949. The monoisotopic (exact) mass is 527 g/mol. The first-order valence-electron chi connectivity index (χ1n) is 12.7. The summed E-state index contributed by atoms with van der Waals surface area (Å²) < 4.78 is 5.40. The summed E-state index contributed by atoms with van der Waals surface area (Å²) in [4.78, 5) is 44.8. The molecule has 0 bridgehead atoms. The number of nitrogens with one attached hydrogen (secondary N) is 1. The van der Waals surface area contributed by atoms with Gasteiger partial charge in [0.1, 0.15) is 17.2 Å². The third kappa shape index (κ3) is 7.73. The largest absolute Gasteiger partial charge is 0.461 e. The molecule has 0 aromatic carbocycles. The van der Waals surface area contributed by atoms with Crippen LogP contribution in [0.1, 0.15) is 82.9 Å². The Hall–Kier alpha value is -2.04. The van der Waals surface area contributed by atoms with Crippen molar-refractivity contribution < 1.29 is 28.7 Å². The lowest BCUT2D eigenvalue weighted by Crippen LogP contribution is -2.65. The van der Waals surface area contributed by atoms with Crippen molar-refractivity contribution in [2.75, 3.05) is 34.8 Å². The first kappa shape index (κ1) is 32.0. The molecule has 2 N–H and O–H groups in total. The molecule has 2 amide bonds. The molecule has 206 valence electrons. The minimum Gasteiger partial charge on any atom is -0.461 e. The molecular formula is C26H47N4O5S+. The Labute approximate surface area is 220 Å². The van der Waals surface area contributed by atoms with Gasteiger partial charge in [-0.15, -0.1) is 11.3 Å². The number of aliphatic hydroxyl groups is 1. The summed E-state index contributed by atoms with van der Waals surface area (Å²) >= 11 is 1.19. The van der Waals surface area contributed by atoms with Crippen LogP contribution < -0.4 is 5.32 Å². The normalized spacial score (nSPS) is 15.7. The third-order valence-electron chi connectivity index (χ3n) is 7.37. The van der Waals surface area contributed by atoms with Crippen molar-refractivity contribution in [3.63, 3.8) is 0 Å². The van der Waals surface area contributed by atoms with Gasteiger partial charge in [-0.2, -0.15) is 0 Å². The predicted molar refractivity (Wildman–Crippen MR) is 143 cm³/mol.